The number of aryl methyl sites for hydroxylation is 2. The summed E-state index contributed by atoms with van der Waals surface area (Å²) in [4.78, 5) is 22.8. The third-order valence-corrected chi connectivity index (χ3v) is 6.38. The molecular weight excluding hydrogens is 430 g/mol. The minimum atomic E-state index is -0.0137. The standard InChI is InChI=1S/C26H29N5O3/c1-16(2)31-25-23(15-27-31)22(14-24(28-25)21-13-17(3)34-18(21)4)26(33)30-11-9-29(10-12-30)19-5-7-20(32)8-6-19/h5-8,13-16,32H,9-12H2,1-4H3. The van der Waals surface area contributed by atoms with Gasteiger partial charge in [0.15, 0.2) is 5.65 Å². The summed E-state index contributed by atoms with van der Waals surface area (Å²) in [7, 11) is 0. The fourth-order valence-electron chi connectivity index (χ4n) is 4.60. The molecule has 0 spiro atoms. The highest BCUT2D eigenvalue weighted by Gasteiger charge is 2.26. The van der Waals surface area contributed by atoms with Gasteiger partial charge in [0.2, 0.25) is 0 Å². The summed E-state index contributed by atoms with van der Waals surface area (Å²) >= 11 is 0. The zero-order valence-electron chi connectivity index (χ0n) is 19.9. The maximum Gasteiger partial charge on any atom is 0.254 e. The van der Waals surface area contributed by atoms with Gasteiger partial charge in [-0.25, -0.2) is 9.67 Å². The Morgan fingerprint density at radius 3 is 2.38 bits per heavy atom. The van der Waals surface area contributed by atoms with Gasteiger partial charge in [-0.3, -0.25) is 4.79 Å². The first-order valence-corrected chi connectivity index (χ1v) is 11.6. The zero-order valence-corrected chi connectivity index (χ0v) is 19.9. The van der Waals surface area contributed by atoms with E-state index in [1.54, 1.807) is 18.3 Å². The van der Waals surface area contributed by atoms with E-state index >= 15 is 0 Å². The number of anilines is 1. The van der Waals surface area contributed by atoms with Crippen LogP contribution in [0.4, 0.5) is 5.69 Å². The molecule has 0 bridgehead atoms. The van der Waals surface area contributed by atoms with Crippen LogP contribution >= 0.6 is 0 Å². The number of carbonyl (C=O) groups excluding carboxylic acids is 1. The van der Waals surface area contributed by atoms with Crippen LogP contribution < -0.4 is 4.90 Å². The summed E-state index contributed by atoms with van der Waals surface area (Å²) in [6.45, 7) is 10.6. The Kier molecular flexibility index (Phi) is 5.51. The van der Waals surface area contributed by atoms with Crippen molar-refractivity contribution in [3.8, 4) is 17.0 Å². The van der Waals surface area contributed by atoms with Gasteiger partial charge in [-0.1, -0.05) is 0 Å². The third kappa shape index (κ3) is 3.89. The first-order chi connectivity index (χ1) is 16.3. The molecule has 1 N–H and O–H groups in total. The average Bonchev–Trinajstić information content (AvgIpc) is 3.41. The van der Waals surface area contributed by atoms with Crippen LogP contribution in [0.15, 0.2) is 47.0 Å². The highest BCUT2D eigenvalue weighted by atomic mass is 16.3. The molecule has 5 rings (SSSR count). The van der Waals surface area contributed by atoms with Crippen LogP contribution in [0.5, 0.6) is 5.75 Å². The van der Waals surface area contributed by atoms with E-state index in [0.717, 1.165) is 46.9 Å². The lowest BCUT2D eigenvalue weighted by molar-refractivity contribution is 0.0748. The highest BCUT2D eigenvalue weighted by Crippen LogP contribution is 2.31. The molecule has 8 nitrogen and oxygen atoms in total. The molecule has 0 radical (unpaired) electrons. The maximum absolute atomic E-state index is 13.7. The molecule has 0 aliphatic carbocycles. The number of pyridine rings is 1. The predicted molar refractivity (Wildman–Crippen MR) is 131 cm³/mol. The Hall–Kier alpha value is -3.81. The van der Waals surface area contributed by atoms with Gasteiger partial charge in [0, 0.05) is 43.5 Å². The SMILES string of the molecule is Cc1cc(-c2cc(C(=O)N3CCN(c4ccc(O)cc4)CC3)c3cnn(C(C)C)c3n2)c(C)o1. The van der Waals surface area contributed by atoms with E-state index < -0.39 is 0 Å². The highest BCUT2D eigenvalue weighted by molar-refractivity contribution is 6.06. The van der Waals surface area contributed by atoms with E-state index in [1.807, 2.05) is 47.7 Å². The number of fused-ring (bicyclic) bond motifs is 1. The van der Waals surface area contributed by atoms with Gasteiger partial charge in [-0.2, -0.15) is 5.10 Å². The maximum atomic E-state index is 13.7. The van der Waals surface area contributed by atoms with E-state index in [0.29, 0.717) is 24.3 Å². The number of furan rings is 1. The molecule has 8 heteroatoms. The molecule has 1 saturated heterocycles. The summed E-state index contributed by atoms with van der Waals surface area (Å²) in [5.74, 6) is 1.83. The molecule has 34 heavy (non-hydrogen) atoms. The number of rotatable bonds is 4. The lowest BCUT2D eigenvalue weighted by Gasteiger charge is -2.36. The van der Waals surface area contributed by atoms with Crippen molar-refractivity contribution >= 4 is 22.6 Å². The Labute approximate surface area is 198 Å². The lowest BCUT2D eigenvalue weighted by Crippen LogP contribution is -2.48. The second-order valence-corrected chi connectivity index (χ2v) is 9.10. The zero-order chi connectivity index (χ0) is 24.0. The van der Waals surface area contributed by atoms with Crippen molar-refractivity contribution in [2.45, 2.75) is 33.7 Å². The van der Waals surface area contributed by atoms with Crippen molar-refractivity contribution in [2.75, 3.05) is 31.1 Å². The molecule has 176 valence electrons. The van der Waals surface area contributed by atoms with Crippen LogP contribution in [0.1, 0.15) is 41.8 Å². The van der Waals surface area contributed by atoms with Crippen LogP contribution in [-0.4, -0.2) is 56.9 Å². The van der Waals surface area contributed by atoms with Crippen LogP contribution in [-0.2, 0) is 0 Å². The Morgan fingerprint density at radius 1 is 1.06 bits per heavy atom. The molecule has 1 fully saturated rings. The fourth-order valence-corrected chi connectivity index (χ4v) is 4.60. The number of phenolic OH excluding ortho intramolecular Hbond substituents is 1. The molecule has 4 heterocycles. The molecule has 4 aromatic rings. The van der Waals surface area contributed by atoms with E-state index in [2.05, 4.69) is 23.8 Å². The van der Waals surface area contributed by atoms with Gasteiger partial charge in [0.1, 0.15) is 17.3 Å². The number of hydrogen-bond donors (Lipinski definition) is 1. The number of benzene rings is 1. The van der Waals surface area contributed by atoms with Crippen molar-refractivity contribution < 1.29 is 14.3 Å². The van der Waals surface area contributed by atoms with Crippen molar-refractivity contribution in [3.63, 3.8) is 0 Å². The number of aromatic hydroxyl groups is 1. The van der Waals surface area contributed by atoms with Crippen molar-refractivity contribution in [1.29, 1.82) is 0 Å². The van der Waals surface area contributed by atoms with Crippen molar-refractivity contribution in [1.82, 2.24) is 19.7 Å². The number of phenols is 1. The molecule has 1 aromatic carbocycles. The second-order valence-electron chi connectivity index (χ2n) is 9.10. The van der Waals surface area contributed by atoms with Crippen LogP contribution in [0.25, 0.3) is 22.3 Å². The molecule has 1 amide bonds. The van der Waals surface area contributed by atoms with Crippen LogP contribution in [0, 0.1) is 13.8 Å². The van der Waals surface area contributed by atoms with Gasteiger partial charge in [-0.15, -0.1) is 0 Å². The van der Waals surface area contributed by atoms with Crippen LogP contribution in [0.2, 0.25) is 0 Å². The first-order valence-electron chi connectivity index (χ1n) is 11.6. The van der Waals surface area contributed by atoms with Crippen molar-refractivity contribution in [3.05, 3.63) is 59.7 Å². The molecule has 3 aromatic heterocycles. The summed E-state index contributed by atoms with van der Waals surface area (Å²) in [6.07, 6.45) is 1.75. The van der Waals surface area contributed by atoms with Gasteiger partial charge < -0.3 is 19.3 Å². The Balaban J connectivity index is 1.48. The summed E-state index contributed by atoms with van der Waals surface area (Å²) in [5, 5.41) is 14.9. The Bertz CT molecular complexity index is 1350. The number of carbonyl (C=O) groups is 1. The minimum Gasteiger partial charge on any atom is -0.508 e. The second kappa shape index (κ2) is 8.52. The van der Waals surface area contributed by atoms with E-state index in [4.69, 9.17) is 9.40 Å². The number of piperazine rings is 1. The number of nitrogens with zero attached hydrogens (tertiary/aromatic N) is 5. The summed E-state index contributed by atoms with van der Waals surface area (Å²) < 4.78 is 7.60. The van der Waals surface area contributed by atoms with Gasteiger partial charge in [0.25, 0.3) is 5.91 Å². The molecule has 1 aliphatic heterocycles. The van der Waals surface area contributed by atoms with Gasteiger partial charge >= 0.3 is 0 Å². The minimum absolute atomic E-state index is 0.0137. The molecule has 0 unspecified atom stereocenters. The number of amides is 1. The molecular formula is C26H29N5O3. The van der Waals surface area contributed by atoms with Gasteiger partial charge in [-0.05, 0) is 64.1 Å². The third-order valence-electron chi connectivity index (χ3n) is 6.38. The van der Waals surface area contributed by atoms with Crippen LogP contribution in [0.3, 0.4) is 0 Å². The van der Waals surface area contributed by atoms with Crippen molar-refractivity contribution in [2.24, 2.45) is 0 Å². The normalized spacial score (nSPS) is 14.4. The molecule has 0 saturated carbocycles. The number of hydrogen-bond acceptors (Lipinski definition) is 6. The monoisotopic (exact) mass is 459 g/mol. The van der Waals surface area contributed by atoms with E-state index in [-0.39, 0.29) is 17.7 Å². The molecule has 1 aliphatic rings. The first kappa shape index (κ1) is 22.0. The molecule has 0 atom stereocenters. The topological polar surface area (TPSA) is 87.6 Å². The van der Waals surface area contributed by atoms with Gasteiger partial charge in [0.05, 0.1) is 22.8 Å². The summed E-state index contributed by atoms with van der Waals surface area (Å²) in [5.41, 5.74) is 3.97. The lowest BCUT2D eigenvalue weighted by atomic mass is 10.1. The quantitative estimate of drug-likeness (QED) is 0.482. The Morgan fingerprint density at radius 2 is 1.76 bits per heavy atom. The fraction of sp³-hybridized carbons (Fsp3) is 0.346. The van der Waals surface area contributed by atoms with E-state index in [9.17, 15) is 9.90 Å². The van der Waals surface area contributed by atoms with E-state index in [1.165, 1.54) is 0 Å². The number of aromatic nitrogens is 3. The smallest absolute Gasteiger partial charge is 0.254 e. The predicted octanol–water partition coefficient (Wildman–Crippen LogP) is 4.56. The summed E-state index contributed by atoms with van der Waals surface area (Å²) in [6, 6.07) is 11.1. The largest absolute Gasteiger partial charge is 0.508 e. The average molecular weight is 460 g/mol.